The number of hydrogen-bond acceptors (Lipinski definition) is 3. The van der Waals surface area contributed by atoms with Crippen LogP contribution < -0.4 is 5.32 Å². The van der Waals surface area contributed by atoms with E-state index >= 15 is 0 Å². The molecule has 6 heteroatoms. The van der Waals surface area contributed by atoms with Gasteiger partial charge in [-0.15, -0.1) is 0 Å². The highest BCUT2D eigenvalue weighted by Crippen LogP contribution is 2.29. The molecule has 1 aromatic carbocycles. The quantitative estimate of drug-likeness (QED) is 0.896. The molecule has 0 aliphatic carbocycles. The molecule has 1 unspecified atom stereocenters. The lowest BCUT2D eigenvalue weighted by Gasteiger charge is -2.11. The molecule has 0 saturated heterocycles. The largest absolute Gasteiger partial charge is 0.462 e. The van der Waals surface area contributed by atoms with Crippen LogP contribution in [0.1, 0.15) is 17.1 Å². The highest BCUT2D eigenvalue weighted by Gasteiger charge is 2.29. The molecule has 1 heterocycles. The Kier molecular flexibility index (Phi) is 4.56. The maximum atomic E-state index is 12.5. The molecule has 0 radical (unpaired) electrons. The second-order valence-electron chi connectivity index (χ2n) is 4.63. The van der Waals surface area contributed by atoms with Crippen LogP contribution in [0.2, 0.25) is 0 Å². The minimum Gasteiger partial charge on any atom is -0.462 e. The van der Waals surface area contributed by atoms with Crippen molar-refractivity contribution in [3.05, 3.63) is 59.6 Å². The minimum atomic E-state index is -4.37. The summed E-state index contributed by atoms with van der Waals surface area (Å²) >= 11 is 0. The predicted octanol–water partition coefficient (Wildman–Crippen LogP) is 4.62. The Labute approximate surface area is 125 Å². The number of anilines is 1. The molecule has 1 aromatic heterocycles. The van der Waals surface area contributed by atoms with E-state index in [9.17, 15) is 13.2 Å². The summed E-state index contributed by atoms with van der Waals surface area (Å²) in [6.45, 7) is 1.81. The summed E-state index contributed by atoms with van der Waals surface area (Å²) in [6, 6.07) is 9.41. The third kappa shape index (κ3) is 4.16. The van der Waals surface area contributed by atoms with Crippen LogP contribution >= 0.6 is 0 Å². The molecule has 22 heavy (non-hydrogen) atoms. The molecule has 2 aromatic rings. The zero-order chi connectivity index (χ0) is 16.2. The van der Waals surface area contributed by atoms with E-state index in [1.165, 1.54) is 12.1 Å². The molecule has 0 bridgehead atoms. The average Bonchev–Trinajstić information content (AvgIpc) is 2.88. The zero-order valence-electron chi connectivity index (χ0n) is 11.7. The number of nitrogens with zero attached hydrogens (tertiary/aromatic N) is 1. The number of furan rings is 1. The van der Waals surface area contributed by atoms with Crippen molar-refractivity contribution in [3.63, 3.8) is 0 Å². The number of benzene rings is 1. The van der Waals surface area contributed by atoms with E-state index in [2.05, 4.69) is 5.32 Å². The Balaban J connectivity index is 2.04. The van der Waals surface area contributed by atoms with Crippen LogP contribution in [-0.2, 0) is 6.18 Å². The summed E-state index contributed by atoms with van der Waals surface area (Å²) in [6.07, 6.45) is -1.15. The molecule has 0 fully saturated rings. The van der Waals surface area contributed by atoms with Crippen LogP contribution in [-0.4, -0.2) is 6.04 Å². The monoisotopic (exact) mass is 306 g/mol. The van der Waals surface area contributed by atoms with Crippen molar-refractivity contribution in [2.45, 2.75) is 19.1 Å². The fraction of sp³-hybridized carbons (Fsp3) is 0.188. The molecule has 0 spiro atoms. The van der Waals surface area contributed by atoms with E-state index in [4.69, 9.17) is 9.68 Å². The van der Waals surface area contributed by atoms with Crippen molar-refractivity contribution < 1.29 is 17.6 Å². The van der Waals surface area contributed by atoms with Gasteiger partial charge in [0.1, 0.15) is 17.6 Å². The molecule has 0 saturated carbocycles. The zero-order valence-corrected chi connectivity index (χ0v) is 11.7. The van der Waals surface area contributed by atoms with Crippen LogP contribution in [0.4, 0.5) is 18.9 Å². The third-order valence-electron chi connectivity index (χ3n) is 2.89. The summed E-state index contributed by atoms with van der Waals surface area (Å²) in [5.41, 5.74) is -0.298. The Hall–Kier alpha value is -2.68. The highest BCUT2D eigenvalue weighted by atomic mass is 19.4. The second kappa shape index (κ2) is 6.39. The van der Waals surface area contributed by atoms with Crippen molar-refractivity contribution in [2.24, 2.45) is 0 Å². The minimum absolute atomic E-state index is 0.430. The van der Waals surface area contributed by atoms with E-state index in [-0.39, 0.29) is 0 Å². The summed E-state index contributed by atoms with van der Waals surface area (Å²) in [5.74, 6) is 1.36. The number of rotatable bonds is 4. The first-order valence-corrected chi connectivity index (χ1v) is 6.46. The molecule has 0 aliphatic heterocycles. The SMILES string of the molecule is Cc1ccc(C=CC(C#N)Nc2ccc(C(F)(F)F)cc2)o1. The van der Waals surface area contributed by atoms with Gasteiger partial charge in [0.05, 0.1) is 11.6 Å². The molecule has 2 rings (SSSR count). The molecule has 114 valence electrons. The standard InChI is InChI=1S/C16H13F3N2O/c1-11-2-8-15(22-11)9-7-14(10-20)21-13-5-3-12(4-6-13)16(17,18)19/h2-9,14,21H,1H3. The van der Waals surface area contributed by atoms with Gasteiger partial charge in [-0.05, 0) is 55.5 Å². The van der Waals surface area contributed by atoms with Crippen molar-refractivity contribution in [3.8, 4) is 6.07 Å². The van der Waals surface area contributed by atoms with E-state index in [0.717, 1.165) is 17.9 Å². The highest BCUT2D eigenvalue weighted by molar-refractivity contribution is 5.52. The van der Waals surface area contributed by atoms with Gasteiger partial charge in [-0.3, -0.25) is 0 Å². The van der Waals surface area contributed by atoms with Crippen molar-refractivity contribution in [1.29, 1.82) is 5.26 Å². The lowest BCUT2D eigenvalue weighted by Crippen LogP contribution is -2.14. The van der Waals surface area contributed by atoms with Crippen molar-refractivity contribution >= 4 is 11.8 Å². The summed E-state index contributed by atoms with van der Waals surface area (Å²) in [5, 5.41) is 11.9. The lowest BCUT2D eigenvalue weighted by molar-refractivity contribution is -0.137. The van der Waals surface area contributed by atoms with Crippen LogP contribution in [0.15, 0.2) is 46.9 Å². The third-order valence-corrected chi connectivity index (χ3v) is 2.89. The molecule has 1 atom stereocenters. The Morgan fingerprint density at radius 1 is 1.18 bits per heavy atom. The van der Waals surface area contributed by atoms with Gasteiger partial charge in [0.2, 0.25) is 0 Å². The fourth-order valence-corrected chi connectivity index (χ4v) is 1.79. The van der Waals surface area contributed by atoms with Gasteiger partial charge < -0.3 is 9.73 Å². The number of nitriles is 1. The van der Waals surface area contributed by atoms with Gasteiger partial charge in [-0.25, -0.2) is 0 Å². The van der Waals surface area contributed by atoms with Crippen LogP contribution in [0, 0.1) is 18.3 Å². The first-order valence-electron chi connectivity index (χ1n) is 6.46. The number of halogens is 3. The molecular formula is C16H13F3N2O. The average molecular weight is 306 g/mol. The molecule has 3 nitrogen and oxygen atoms in total. The second-order valence-corrected chi connectivity index (χ2v) is 4.63. The summed E-state index contributed by atoms with van der Waals surface area (Å²) < 4.78 is 42.7. The molecule has 0 aliphatic rings. The van der Waals surface area contributed by atoms with Crippen LogP contribution in [0.5, 0.6) is 0 Å². The predicted molar refractivity (Wildman–Crippen MR) is 76.9 cm³/mol. The first kappa shape index (κ1) is 15.7. The van der Waals surface area contributed by atoms with Gasteiger partial charge in [-0.1, -0.05) is 0 Å². The maximum absolute atomic E-state index is 12.5. The lowest BCUT2D eigenvalue weighted by atomic mass is 10.2. The van der Waals surface area contributed by atoms with Crippen molar-refractivity contribution in [1.82, 2.24) is 0 Å². The number of hydrogen-bond donors (Lipinski definition) is 1. The normalized spacial score (nSPS) is 13.0. The van der Waals surface area contributed by atoms with Gasteiger partial charge in [0.25, 0.3) is 0 Å². The first-order chi connectivity index (χ1) is 10.4. The fourth-order valence-electron chi connectivity index (χ4n) is 1.79. The number of nitrogens with one attached hydrogen (secondary N) is 1. The van der Waals surface area contributed by atoms with Crippen LogP contribution in [0.25, 0.3) is 6.08 Å². The van der Waals surface area contributed by atoms with Gasteiger partial charge in [0, 0.05) is 5.69 Å². The van der Waals surface area contributed by atoms with Crippen LogP contribution in [0.3, 0.4) is 0 Å². The van der Waals surface area contributed by atoms with Crippen molar-refractivity contribution in [2.75, 3.05) is 5.32 Å². The smallest absolute Gasteiger partial charge is 0.416 e. The van der Waals surface area contributed by atoms with E-state index in [0.29, 0.717) is 11.4 Å². The Morgan fingerprint density at radius 3 is 2.36 bits per heavy atom. The van der Waals surface area contributed by atoms with E-state index in [1.54, 1.807) is 31.2 Å². The number of alkyl halides is 3. The Bertz CT molecular complexity index is 693. The maximum Gasteiger partial charge on any atom is 0.416 e. The molecular weight excluding hydrogens is 293 g/mol. The van der Waals surface area contributed by atoms with E-state index < -0.39 is 17.8 Å². The summed E-state index contributed by atoms with van der Waals surface area (Å²) in [4.78, 5) is 0. The van der Waals surface area contributed by atoms with E-state index in [1.807, 2.05) is 6.07 Å². The topological polar surface area (TPSA) is 49.0 Å². The van der Waals surface area contributed by atoms with Gasteiger partial charge in [0.15, 0.2) is 0 Å². The summed E-state index contributed by atoms with van der Waals surface area (Å²) in [7, 11) is 0. The van der Waals surface area contributed by atoms with Gasteiger partial charge in [-0.2, -0.15) is 18.4 Å². The number of aryl methyl sites for hydroxylation is 1. The van der Waals surface area contributed by atoms with Gasteiger partial charge >= 0.3 is 6.18 Å². The Morgan fingerprint density at radius 2 is 1.86 bits per heavy atom. The molecule has 1 N–H and O–H groups in total. The molecule has 0 amide bonds.